The second-order valence-electron chi connectivity index (χ2n) is 5.05. The molecule has 0 fully saturated rings. The van der Waals surface area contributed by atoms with Crippen molar-refractivity contribution in [3.8, 4) is 11.4 Å². The van der Waals surface area contributed by atoms with E-state index in [2.05, 4.69) is 67.2 Å². The third-order valence-corrected chi connectivity index (χ3v) is 3.01. The van der Waals surface area contributed by atoms with Crippen LogP contribution in [0.15, 0.2) is 30.3 Å². The molecule has 0 unspecified atom stereocenters. The SMILES string of the molecule is CCNc1cc(C(C)C)nc(-c2ccc(C)cc2)n1. The number of aromatic nitrogens is 2. The van der Waals surface area contributed by atoms with Gasteiger partial charge in [-0.3, -0.25) is 0 Å². The molecule has 0 bridgehead atoms. The van der Waals surface area contributed by atoms with E-state index in [1.165, 1.54) is 5.56 Å². The van der Waals surface area contributed by atoms with Crippen molar-refractivity contribution in [1.82, 2.24) is 9.97 Å². The van der Waals surface area contributed by atoms with Gasteiger partial charge in [0.1, 0.15) is 5.82 Å². The Morgan fingerprint density at radius 3 is 2.37 bits per heavy atom. The Balaban J connectivity index is 2.46. The van der Waals surface area contributed by atoms with Crippen LogP contribution in [0.3, 0.4) is 0 Å². The Morgan fingerprint density at radius 2 is 1.79 bits per heavy atom. The number of aryl methyl sites for hydroxylation is 1. The maximum Gasteiger partial charge on any atom is 0.161 e. The van der Waals surface area contributed by atoms with Gasteiger partial charge in [0.05, 0.1) is 0 Å². The Morgan fingerprint density at radius 1 is 1.11 bits per heavy atom. The molecule has 0 saturated carbocycles. The second-order valence-corrected chi connectivity index (χ2v) is 5.05. The number of anilines is 1. The lowest BCUT2D eigenvalue weighted by molar-refractivity contribution is 0.817. The summed E-state index contributed by atoms with van der Waals surface area (Å²) in [6.07, 6.45) is 0. The van der Waals surface area contributed by atoms with Crippen molar-refractivity contribution in [2.45, 2.75) is 33.6 Å². The van der Waals surface area contributed by atoms with Gasteiger partial charge < -0.3 is 5.32 Å². The van der Waals surface area contributed by atoms with Crippen molar-refractivity contribution >= 4 is 5.82 Å². The summed E-state index contributed by atoms with van der Waals surface area (Å²) >= 11 is 0. The summed E-state index contributed by atoms with van der Waals surface area (Å²) in [6.45, 7) is 9.32. The third kappa shape index (κ3) is 3.31. The Hall–Kier alpha value is -1.90. The highest BCUT2D eigenvalue weighted by molar-refractivity contribution is 5.58. The zero-order valence-electron chi connectivity index (χ0n) is 12.1. The standard InChI is InChI=1S/C16H21N3/c1-5-17-15-10-14(11(2)3)18-16(19-15)13-8-6-12(4)7-9-13/h6-11H,5H2,1-4H3,(H,17,18,19). The number of nitrogens with zero attached hydrogens (tertiary/aromatic N) is 2. The summed E-state index contributed by atoms with van der Waals surface area (Å²) in [5, 5.41) is 3.27. The average Bonchev–Trinajstić information content (AvgIpc) is 2.39. The van der Waals surface area contributed by atoms with Crippen LogP contribution in [-0.4, -0.2) is 16.5 Å². The molecule has 1 aromatic heterocycles. The van der Waals surface area contributed by atoms with Crippen molar-refractivity contribution in [2.24, 2.45) is 0 Å². The molecule has 0 aliphatic rings. The lowest BCUT2D eigenvalue weighted by Crippen LogP contribution is -2.05. The monoisotopic (exact) mass is 255 g/mol. The summed E-state index contributed by atoms with van der Waals surface area (Å²) in [7, 11) is 0. The van der Waals surface area contributed by atoms with E-state index in [-0.39, 0.29) is 0 Å². The lowest BCUT2D eigenvalue weighted by atomic mass is 10.1. The molecular formula is C16H21N3. The summed E-state index contributed by atoms with van der Waals surface area (Å²) in [4.78, 5) is 9.25. The summed E-state index contributed by atoms with van der Waals surface area (Å²) in [5.41, 5.74) is 3.38. The molecule has 0 saturated heterocycles. The molecule has 100 valence electrons. The van der Waals surface area contributed by atoms with Gasteiger partial charge in [0.2, 0.25) is 0 Å². The summed E-state index contributed by atoms with van der Waals surface area (Å²) < 4.78 is 0. The molecule has 1 aromatic carbocycles. The zero-order valence-corrected chi connectivity index (χ0v) is 12.1. The number of hydrogen-bond acceptors (Lipinski definition) is 3. The average molecular weight is 255 g/mol. The molecule has 3 heteroatoms. The van der Waals surface area contributed by atoms with Gasteiger partial charge in [0.25, 0.3) is 0 Å². The molecule has 1 heterocycles. The van der Waals surface area contributed by atoms with Crippen molar-refractivity contribution in [3.05, 3.63) is 41.6 Å². The van der Waals surface area contributed by atoms with Gasteiger partial charge in [-0.15, -0.1) is 0 Å². The molecule has 0 aliphatic carbocycles. The first-order valence-electron chi connectivity index (χ1n) is 6.80. The normalized spacial score (nSPS) is 10.8. The molecule has 0 amide bonds. The molecular weight excluding hydrogens is 234 g/mol. The second kappa shape index (κ2) is 5.83. The van der Waals surface area contributed by atoms with E-state index in [9.17, 15) is 0 Å². The topological polar surface area (TPSA) is 37.8 Å². The van der Waals surface area contributed by atoms with Crippen LogP contribution in [0.5, 0.6) is 0 Å². The first-order valence-corrected chi connectivity index (χ1v) is 6.80. The lowest BCUT2D eigenvalue weighted by Gasteiger charge is -2.11. The highest BCUT2D eigenvalue weighted by Crippen LogP contribution is 2.22. The fourth-order valence-corrected chi connectivity index (χ4v) is 1.87. The minimum Gasteiger partial charge on any atom is -0.370 e. The molecule has 2 rings (SSSR count). The van der Waals surface area contributed by atoms with E-state index in [4.69, 9.17) is 0 Å². The number of nitrogens with one attached hydrogen (secondary N) is 1. The van der Waals surface area contributed by atoms with Crippen LogP contribution in [0.25, 0.3) is 11.4 Å². The van der Waals surface area contributed by atoms with Crippen LogP contribution in [0.1, 0.15) is 37.9 Å². The van der Waals surface area contributed by atoms with E-state index in [0.717, 1.165) is 29.4 Å². The Labute approximate surface area is 115 Å². The van der Waals surface area contributed by atoms with Crippen LogP contribution in [0.4, 0.5) is 5.82 Å². The van der Waals surface area contributed by atoms with E-state index < -0.39 is 0 Å². The molecule has 0 radical (unpaired) electrons. The summed E-state index contributed by atoms with van der Waals surface area (Å²) in [6, 6.07) is 10.4. The number of hydrogen-bond donors (Lipinski definition) is 1. The Bertz CT molecular complexity index is 544. The first-order chi connectivity index (χ1) is 9.10. The first kappa shape index (κ1) is 13.5. The van der Waals surface area contributed by atoms with Crippen molar-refractivity contribution in [3.63, 3.8) is 0 Å². The van der Waals surface area contributed by atoms with Crippen molar-refractivity contribution in [2.75, 3.05) is 11.9 Å². The van der Waals surface area contributed by atoms with Crippen LogP contribution in [-0.2, 0) is 0 Å². The smallest absolute Gasteiger partial charge is 0.161 e. The molecule has 19 heavy (non-hydrogen) atoms. The summed E-state index contributed by atoms with van der Waals surface area (Å²) in [5.74, 6) is 2.09. The minimum absolute atomic E-state index is 0.393. The third-order valence-electron chi connectivity index (χ3n) is 3.01. The van der Waals surface area contributed by atoms with Gasteiger partial charge in [-0.25, -0.2) is 9.97 Å². The van der Waals surface area contributed by atoms with Gasteiger partial charge in [-0.2, -0.15) is 0 Å². The molecule has 0 aliphatic heterocycles. The highest BCUT2D eigenvalue weighted by atomic mass is 15.0. The van der Waals surface area contributed by atoms with Crippen LogP contribution in [0, 0.1) is 6.92 Å². The van der Waals surface area contributed by atoms with Crippen molar-refractivity contribution in [1.29, 1.82) is 0 Å². The quantitative estimate of drug-likeness (QED) is 0.897. The van der Waals surface area contributed by atoms with Crippen LogP contribution >= 0.6 is 0 Å². The fraction of sp³-hybridized carbons (Fsp3) is 0.375. The number of rotatable bonds is 4. The van der Waals surface area contributed by atoms with Crippen molar-refractivity contribution < 1.29 is 0 Å². The maximum absolute atomic E-state index is 4.66. The van der Waals surface area contributed by atoms with E-state index in [1.807, 2.05) is 6.07 Å². The zero-order chi connectivity index (χ0) is 13.8. The molecule has 0 atom stereocenters. The van der Waals surface area contributed by atoms with Gasteiger partial charge in [0.15, 0.2) is 5.82 Å². The largest absolute Gasteiger partial charge is 0.370 e. The van der Waals surface area contributed by atoms with Gasteiger partial charge in [-0.05, 0) is 19.8 Å². The molecule has 2 aromatic rings. The Kier molecular flexibility index (Phi) is 4.15. The molecule has 3 nitrogen and oxygen atoms in total. The van der Waals surface area contributed by atoms with Gasteiger partial charge >= 0.3 is 0 Å². The van der Waals surface area contributed by atoms with E-state index >= 15 is 0 Å². The molecule has 0 spiro atoms. The highest BCUT2D eigenvalue weighted by Gasteiger charge is 2.09. The minimum atomic E-state index is 0.393. The van der Waals surface area contributed by atoms with E-state index in [0.29, 0.717) is 5.92 Å². The maximum atomic E-state index is 4.66. The predicted octanol–water partition coefficient (Wildman–Crippen LogP) is 4.01. The van der Waals surface area contributed by atoms with Crippen LogP contribution in [0.2, 0.25) is 0 Å². The van der Waals surface area contributed by atoms with Gasteiger partial charge in [-0.1, -0.05) is 43.7 Å². The number of benzene rings is 1. The van der Waals surface area contributed by atoms with Gasteiger partial charge in [0, 0.05) is 23.9 Å². The van der Waals surface area contributed by atoms with Crippen LogP contribution < -0.4 is 5.32 Å². The van der Waals surface area contributed by atoms with E-state index in [1.54, 1.807) is 0 Å². The molecule has 1 N–H and O–H groups in total. The fourth-order valence-electron chi connectivity index (χ4n) is 1.87. The predicted molar refractivity (Wildman–Crippen MR) is 80.5 cm³/mol.